The van der Waals surface area contributed by atoms with E-state index in [1.165, 1.54) is 11.1 Å². The summed E-state index contributed by atoms with van der Waals surface area (Å²) in [5.41, 5.74) is 3.71. The molecule has 1 unspecified atom stereocenters. The highest BCUT2D eigenvalue weighted by Crippen LogP contribution is 2.40. The average molecular weight is 383 g/mol. The molecule has 1 atom stereocenters. The van der Waals surface area contributed by atoms with Gasteiger partial charge >= 0.3 is 0 Å². The van der Waals surface area contributed by atoms with E-state index in [9.17, 15) is 0 Å². The molecule has 0 aromatic heterocycles. The third-order valence-corrected chi connectivity index (χ3v) is 5.33. The number of benzene rings is 2. The lowest BCUT2D eigenvalue weighted by Gasteiger charge is -2.30. The molecule has 5 nitrogen and oxygen atoms in total. The number of ether oxygens (including phenoxy) is 4. The molecule has 2 aromatic rings. The van der Waals surface area contributed by atoms with Crippen LogP contribution in [-0.4, -0.2) is 33.5 Å². The predicted octanol–water partition coefficient (Wildman–Crippen LogP) is 4.13. The van der Waals surface area contributed by atoms with E-state index in [0.717, 1.165) is 47.9 Å². The first-order valence-electron chi connectivity index (χ1n) is 10.1. The molecule has 2 aromatic carbocycles. The summed E-state index contributed by atoms with van der Waals surface area (Å²) in [6.45, 7) is 7.23. The van der Waals surface area contributed by atoms with E-state index in [-0.39, 0.29) is 6.04 Å². The fourth-order valence-electron chi connectivity index (χ4n) is 3.78. The van der Waals surface area contributed by atoms with E-state index in [2.05, 4.69) is 43.4 Å². The molecule has 2 heterocycles. The third-order valence-electron chi connectivity index (χ3n) is 5.33. The van der Waals surface area contributed by atoms with Crippen molar-refractivity contribution in [1.29, 1.82) is 0 Å². The lowest BCUT2D eigenvalue weighted by atomic mass is 9.89. The maximum Gasteiger partial charge on any atom is 0.161 e. The monoisotopic (exact) mass is 383 g/mol. The number of fused-ring (bicyclic) bond motifs is 2. The molecular formula is C23H29NO4. The molecule has 1 N–H and O–H groups in total. The molecule has 0 bridgehead atoms. The van der Waals surface area contributed by atoms with Crippen LogP contribution in [0.25, 0.3) is 0 Å². The molecule has 150 valence electrons. The van der Waals surface area contributed by atoms with Gasteiger partial charge in [0.1, 0.15) is 13.2 Å². The Kier molecular flexibility index (Phi) is 5.62. The van der Waals surface area contributed by atoms with Gasteiger partial charge in [-0.2, -0.15) is 0 Å². The minimum Gasteiger partial charge on any atom is -0.493 e. The summed E-state index contributed by atoms with van der Waals surface area (Å²) >= 11 is 0. The lowest BCUT2D eigenvalue weighted by Crippen LogP contribution is -2.31. The quantitative estimate of drug-likeness (QED) is 0.813. The zero-order chi connectivity index (χ0) is 19.5. The highest BCUT2D eigenvalue weighted by molar-refractivity contribution is 5.53. The van der Waals surface area contributed by atoms with Crippen LogP contribution in [-0.2, 0) is 6.42 Å². The smallest absolute Gasteiger partial charge is 0.161 e. The van der Waals surface area contributed by atoms with Crippen LogP contribution in [0.3, 0.4) is 0 Å². The second-order valence-electron chi connectivity index (χ2n) is 7.77. The normalized spacial score (nSPS) is 17.9. The molecule has 4 rings (SSSR count). The molecular weight excluding hydrogens is 354 g/mol. The van der Waals surface area contributed by atoms with Crippen LogP contribution in [0.2, 0.25) is 0 Å². The van der Waals surface area contributed by atoms with Crippen molar-refractivity contribution in [3.63, 3.8) is 0 Å². The molecule has 2 aliphatic rings. The van der Waals surface area contributed by atoms with Gasteiger partial charge in [0.2, 0.25) is 0 Å². The van der Waals surface area contributed by atoms with Crippen LogP contribution >= 0.6 is 0 Å². The zero-order valence-corrected chi connectivity index (χ0v) is 16.9. The molecule has 0 spiro atoms. The van der Waals surface area contributed by atoms with Gasteiger partial charge in [0.05, 0.1) is 19.8 Å². The van der Waals surface area contributed by atoms with Crippen molar-refractivity contribution in [2.45, 2.75) is 32.7 Å². The minimum atomic E-state index is 0.0955. The lowest BCUT2D eigenvalue weighted by molar-refractivity contribution is 0.171. The molecule has 5 heteroatoms. The van der Waals surface area contributed by atoms with Gasteiger partial charge in [-0.05, 0) is 59.7 Å². The largest absolute Gasteiger partial charge is 0.493 e. The van der Waals surface area contributed by atoms with Gasteiger partial charge in [-0.3, -0.25) is 0 Å². The van der Waals surface area contributed by atoms with E-state index in [1.807, 2.05) is 6.07 Å². The summed E-state index contributed by atoms with van der Waals surface area (Å²) in [4.78, 5) is 0. The highest BCUT2D eigenvalue weighted by atomic mass is 16.6. The maximum absolute atomic E-state index is 5.94. The summed E-state index contributed by atoms with van der Waals surface area (Å²) in [5, 5.41) is 3.63. The van der Waals surface area contributed by atoms with Crippen LogP contribution < -0.4 is 24.3 Å². The zero-order valence-electron chi connectivity index (χ0n) is 16.9. The van der Waals surface area contributed by atoms with Crippen molar-refractivity contribution in [2.24, 2.45) is 5.92 Å². The first-order valence-corrected chi connectivity index (χ1v) is 10.1. The van der Waals surface area contributed by atoms with Gasteiger partial charge in [-0.25, -0.2) is 0 Å². The standard InChI is InChI=1S/C23H29NO4/c1-15(2)7-9-26-19-5-4-17(13-20(19)25-3)23-18-14-22-21(27-10-11-28-22)12-16(18)6-8-24-23/h4-5,12-15,23-24H,6-11H2,1-3H3. The van der Waals surface area contributed by atoms with Crippen LogP contribution in [0.1, 0.15) is 43.0 Å². The van der Waals surface area contributed by atoms with Crippen molar-refractivity contribution in [2.75, 3.05) is 33.5 Å². The Labute approximate surface area is 166 Å². The Morgan fingerprint density at radius 1 is 1.07 bits per heavy atom. The van der Waals surface area contributed by atoms with Crippen molar-refractivity contribution < 1.29 is 18.9 Å². The minimum absolute atomic E-state index is 0.0955. The van der Waals surface area contributed by atoms with E-state index in [4.69, 9.17) is 18.9 Å². The van der Waals surface area contributed by atoms with Crippen molar-refractivity contribution in [1.82, 2.24) is 5.32 Å². The molecule has 0 fully saturated rings. The fraction of sp³-hybridized carbons (Fsp3) is 0.478. The first kappa shape index (κ1) is 18.9. The van der Waals surface area contributed by atoms with Gasteiger partial charge in [0, 0.05) is 6.54 Å². The van der Waals surface area contributed by atoms with Crippen LogP contribution in [0, 0.1) is 5.92 Å². The SMILES string of the molecule is COc1cc(C2NCCc3cc4c(cc32)OCCO4)ccc1OCCC(C)C. The van der Waals surface area contributed by atoms with Gasteiger partial charge in [0.25, 0.3) is 0 Å². The van der Waals surface area contributed by atoms with Gasteiger partial charge < -0.3 is 24.3 Å². The highest BCUT2D eigenvalue weighted by Gasteiger charge is 2.26. The number of methoxy groups -OCH3 is 1. The molecule has 0 aliphatic carbocycles. The molecule has 0 saturated heterocycles. The number of hydrogen-bond acceptors (Lipinski definition) is 5. The summed E-state index contributed by atoms with van der Waals surface area (Å²) in [6, 6.07) is 10.6. The maximum atomic E-state index is 5.94. The summed E-state index contributed by atoms with van der Waals surface area (Å²) in [5.74, 6) is 3.87. The summed E-state index contributed by atoms with van der Waals surface area (Å²) in [7, 11) is 1.69. The van der Waals surface area contributed by atoms with Crippen molar-refractivity contribution in [3.8, 4) is 23.0 Å². The number of rotatable bonds is 6. The molecule has 0 saturated carbocycles. The second-order valence-corrected chi connectivity index (χ2v) is 7.77. The van der Waals surface area contributed by atoms with Crippen LogP contribution in [0.5, 0.6) is 23.0 Å². The fourth-order valence-corrected chi connectivity index (χ4v) is 3.78. The molecule has 2 aliphatic heterocycles. The summed E-state index contributed by atoms with van der Waals surface area (Å²) in [6.07, 6.45) is 2.01. The van der Waals surface area contributed by atoms with Crippen LogP contribution in [0.4, 0.5) is 0 Å². The van der Waals surface area contributed by atoms with E-state index >= 15 is 0 Å². The van der Waals surface area contributed by atoms with E-state index in [0.29, 0.717) is 25.7 Å². The van der Waals surface area contributed by atoms with Crippen molar-refractivity contribution in [3.05, 3.63) is 47.0 Å². The number of hydrogen-bond donors (Lipinski definition) is 1. The van der Waals surface area contributed by atoms with E-state index in [1.54, 1.807) is 7.11 Å². The first-order chi connectivity index (χ1) is 13.7. The van der Waals surface area contributed by atoms with Gasteiger partial charge in [-0.1, -0.05) is 19.9 Å². The summed E-state index contributed by atoms with van der Waals surface area (Å²) < 4.78 is 23.1. The Hall–Kier alpha value is -2.40. The van der Waals surface area contributed by atoms with E-state index < -0.39 is 0 Å². The predicted molar refractivity (Wildman–Crippen MR) is 109 cm³/mol. The Bertz CT molecular complexity index is 834. The Morgan fingerprint density at radius 2 is 1.86 bits per heavy atom. The van der Waals surface area contributed by atoms with Gasteiger partial charge in [-0.15, -0.1) is 0 Å². The average Bonchev–Trinajstić information content (AvgIpc) is 2.71. The van der Waals surface area contributed by atoms with Gasteiger partial charge in [0.15, 0.2) is 23.0 Å². The van der Waals surface area contributed by atoms with Crippen molar-refractivity contribution >= 4 is 0 Å². The molecule has 0 amide bonds. The van der Waals surface area contributed by atoms with Crippen LogP contribution in [0.15, 0.2) is 30.3 Å². The second kappa shape index (κ2) is 8.31. The third kappa shape index (κ3) is 3.90. The Balaban J connectivity index is 1.61. The number of nitrogens with one attached hydrogen (secondary N) is 1. The molecule has 28 heavy (non-hydrogen) atoms. The Morgan fingerprint density at radius 3 is 2.61 bits per heavy atom. The molecule has 0 radical (unpaired) electrons. The topological polar surface area (TPSA) is 49.0 Å².